The van der Waals surface area contributed by atoms with Crippen molar-refractivity contribution in [2.75, 3.05) is 31.7 Å². The molecule has 1 aliphatic carbocycles. The fraction of sp³-hybridized carbons (Fsp3) is 0.423. The van der Waals surface area contributed by atoms with Crippen molar-refractivity contribution in [2.45, 2.75) is 32.2 Å². The molecule has 0 unspecified atom stereocenters. The highest BCUT2D eigenvalue weighted by molar-refractivity contribution is 7.98. The highest BCUT2D eigenvalue weighted by Crippen LogP contribution is 2.44. The number of rotatable bonds is 11. The fourth-order valence-electron chi connectivity index (χ4n) is 4.33. The van der Waals surface area contributed by atoms with Gasteiger partial charge in [-0.1, -0.05) is 62.4 Å². The second-order valence-corrected chi connectivity index (χ2v) is 9.78. The lowest BCUT2D eigenvalue weighted by atomic mass is 9.98. The Morgan fingerprint density at radius 1 is 1.06 bits per heavy atom. The maximum Gasteiger partial charge on any atom is 0.407 e. The summed E-state index contributed by atoms with van der Waals surface area (Å²) in [7, 11) is 0. The van der Waals surface area contributed by atoms with Gasteiger partial charge in [0, 0.05) is 18.2 Å². The lowest BCUT2D eigenvalue weighted by Crippen LogP contribution is -2.51. The maximum absolute atomic E-state index is 13.1. The van der Waals surface area contributed by atoms with Crippen LogP contribution in [0, 0.1) is 5.92 Å². The lowest BCUT2D eigenvalue weighted by Gasteiger charge is -2.27. The summed E-state index contributed by atoms with van der Waals surface area (Å²) in [5, 5.41) is 11.9. The molecular formula is C26H32N2O5S. The van der Waals surface area contributed by atoms with Crippen molar-refractivity contribution in [3.8, 4) is 11.1 Å². The van der Waals surface area contributed by atoms with Crippen LogP contribution in [0.3, 0.4) is 0 Å². The molecule has 34 heavy (non-hydrogen) atoms. The molecule has 0 saturated heterocycles. The minimum Gasteiger partial charge on any atom is -0.480 e. The molecule has 1 atom stereocenters. The first kappa shape index (κ1) is 25.6. The molecule has 2 aromatic carbocycles. The van der Waals surface area contributed by atoms with Gasteiger partial charge in [-0.15, -0.1) is 0 Å². The molecular weight excluding hydrogens is 452 g/mol. The minimum absolute atomic E-state index is 0.0810. The van der Waals surface area contributed by atoms with Crippen molar-refractivity contribution in [3.05, 3.63) is 59.7 Å². The fourth-order valence-corrected chi connectivity index (χ4v) is 4.73. The molecule has 0 radical (unpaired) electrons. The van der Waals surface area contributed by atoms with Gasteiger partial charge in [0.15, 0.2) is 0 Å². The summed E-state index contributed by atoms with van der Waals surface area (Å²) in [5.74, 6) is -0.839. The van der Waals surface area contributed by atoms with E-state index >= 15 is 0 Å². The number of amides is 2. The average Bonchev–Trinajstić information content (AvgIpc) is 3.13. The number of ether oxygens (including phenoxy) is 1. The number of carboxylic acids is 1. The third-order valence-corrected chi connectivity index (χ3v) is 6.43. The van der Waals surface area contributed by atoms with Crippen LogP contribution in [0.15, 0.2) is 48.5 Å². The summed E-state index contributed by atoms with van der Waals surface area (Å²) in [6, 6.07) is 15.3. The number of fused-ring (bicyclic) bond motifs is 3. The Bertz CT molecular complexity index is 980. The molecule has 2 N–H and O–H groups in total. The first-order valence-electron chi connectivity index (χ1n) is 11.4. The van der Waals surface area contributed by atoms with Gasteiger partial charge in [-0.2, -0.15) is 11.8 Å². The molecule has 0 saturated carbocycles. The van der Waals surface area contributed by atoms with Crippen molar-refractivity contribution in [2.24, 2.45) is 5.92 Å². The van der Waals surface area contributed by atoms with E-state index in [1.165, 1.54) is 16.7 Å². The molecule has 182 valence electrons. The molecule has 0 aliphatic heterocycles. The molecule has 0 heterocycles. The Kier molecular flexibility index (Phi) is 8.98. The molecule has 8 heteroatoms. The van der Waals surface area contributed by atoms with Crippen LogP contribution in [-0.2, 0) is 14.3 Å². The monoisotopic (exact) mass is 484 g/mol. The van der Waals surface area contributed by atoms with E-state index in [1.807, 2.05) is 56.5 Å². The molecule has 3 rings (SSSR count). The van der Waals surface area contributed by atoms with Crippen LogP contribution < -0.4 is 5.32 Å². The number of nitrogens with one attached hydrogen (secondary N) is 1. The van der Waals surface area contributed by atoms with Crippen molar-refractivity contribution in [3.63, 3.8) is 0 Å². The predicted octanol–water partition coefficient (Wildman–Crippen LogP) is 4.22. The number of carbonyl (C=O) groups excluding carboxylic acids is 2. The van der Waals surface area contributed by atoms with Crippen LogP contribution in [-0.4, -0.2) is 65.7 Å². The summed E-state index contributed by atoms with van der Waals surface area (Å²) in [4.78, 5) is 38.5. The average molecular weight is 485 g/mol. The molecule has 7 nitrogen and oxygen atoms in total. The van der Waals surface area contributed by atoms with Crippen molar-refractivity contribution < 1.29 is 24.2 Å². The van der Waals surface area contributed by atoms with E-state index in [1.54, 1.807) is 0 Å². The van der Waals surface area contributed by atoms with Crippen LogP contribution in [0.4, 0.5) is 4.79 Å². The summed E-state index contributed by atoms with van der Waals surface area (Å²) in [5.41, 5.74) is 4.49. The third-order valence-electron chi connectivity index (χ3n) is 5.84. The number of hydrogen-bond acceptors (Lipinski definition) is 5. The standard InChI is InChI=1S/C26H32N2O5S/c1-17(2)14-23(25(31)28(12-13-34-3)15-24(29)30)27-26(32)33-16-22-20-10-6-4-8-18(20)19-9-5-7-11-21(19)22/h4-11,17,22-23H,12-16H2,1-3H3,(H,27,32)(H,29,30)/t23-/m1/s1. The van der Waals surface area contributed by atoms with Crippen LogP contribution >= 0.6 is 11.8 Å². The number of aliphatic carboxylic acids is 1. The molecule has 1 aliphatic rings. The zero-order chi connectivity index (χ0) is 24.7. The first-order chi connectivity index (χ1) is 16.3. The van der Waals surface area contributed by atoms with Gasteiger partial charge < -0.3 is 20.1 Å². The molecule has 0 fully saturated rings. The molecule has 2 aromatic rings. The quantitative estimate of drug-likeness (QED) is 0.496. The second kappa shape index (κ2) is 11.9. The number of carboxylic acid groups (broad SMARTS) is 1. The van der Waals surface area contributed by atoms with Gasteiger partial charge in [-0.3, -0.25) is 9.59 Å². The van der Waals surface area contributed by atoms with E-state index < -0.39 is 30.6 Å². The highest BCUT2D eigenvalue weighted by Gasteiger charge is 2.31. The Morgan fingerprint density at radius 2 is 1.65 bits per heavy atom. The molecule has 2 amide bonds. The van der Waals surface area contributed by atoms with Gasteiger partial charge >= 0.3 is 12.1 Å². The Hall–Kier alpha value is -3.00. The Morgan fingerprint density at radius 3 is 2.18 bits per heavy atom. The molecule has 0 bridgehead atoms. The maximum atomic E-state index is 13.1. The van der Waals surface area contributed by atoms with Gasteiger partial charge in [-0.25, -0.2) is 4.79 Å². The second-order valence-electron chi connectivity index (χ2n) is 8.80. The number of thioether (sulfide) groups is 1. The van der Waals surface area contributed by atoms with Crippen molar-refractivity contribution in [1.29, 1.82) is 0 Å². The number of carbonyl (C=O) groups is 3. The SMILES string of the molecule is CSCCN(CC(=O)O)C(=O)[C@@H](CC(C)C)NC(=O)OCC1c2ccccc2-c2ccccc21. The van der Waals surface area contributed by atoms with Gasteiger partial charge in [0.1, 0.15) is 19.2 Å². The normalized spacial score (nSPS) is 13.2. The summed E-state index contributed by atoms with van der Waals surface area (Å²) in [6.07, 6.45) is 1.60. The van der Waals surface area contributed by atoms with Crippen LogP contribution in [0.1, 0.15) is 37.3 Å². The number of benzene rings is 2. The van der Waals surface area contributed by atoms with E-state index in [4.69, 9.17) is 4.74 Å². The zero-order valence-electron chi connectivity index (χ0n) is 19.8. The smallest absolute Gasteiger partial charge is 0.407 e. The van der Waals surface area contributed by atoms with Gasteiger partial charge in [0.2, 0.25) is 5.91 Å². The van der Waals surface area contributed by atoms with Gasteiger partial charge in [0.05, 0.1) is 0 Å². The number of nitrogens with zero attached hydrogens (tertiary/aromatic N) is 1. The van der Waals surface area contributed by atoms with E-state index in [9.17, 15) is 19.5 Å². The Labute approximate surface area is 204 Å². The number of hydrogen-bond donors (Lipinski definition) is 2. The van der Waals surface area contributed by atoms with Crippen molar-refractivity contribution in [1.82, 2.24) is 10.2 Å². The topological polar surface area (TPSA) is 95.9 Å². The van der Waals surface area contributed by atoms with E-state index in [2.05, 4.69) is 17.4 Å². The van der Waals surface area contributed by atoms with Crippen LogP contribution in [0.2, 0.25) is 0 Å². The highest BCUT2D eigenvalue weighted by atomic mass is 32.2. The van der Waals surface area contributed by atoms with E-state index in [0.717, 1.165) is 22.3 Å². The van der Waals surface area contributed by atoms with E-state index in [-0.39, 0.29) is 18.4 Å². The minimum atomic E-state index is -1.08. The summed E-state index contributed by atoms with van der Waals surface area (Å²) < 4.78 is 5.60. The largest absolute Gasteiger partial charge is 0.480 e. The predicted molar refractivity (Wildman–Crippen MR) is 134 cm³/mol. The molecule has 0 spiro atoms. The third kappa shape index (κ3) is 6.32. The van der Waals surface area contributed by atoms with Crippen LogP contribution in [0.25, 0.3) is 11.1 Å². The Balaban J connectivity index is 1.69. The summed E-state index contributed by atoms with van der Waals surface area (Å²) in [6.45, 7) is 3.94. The molecule has 0 aromatic heterocycles. The van der Waals surface area contributed by atoms with Gasteiger partial charge in [-0.05, 0) is 40.8 Å². The van der Waals surface area contributed by atoms with Crippen LogP contribution in [0.5, 0.6) is 0 Å². The zero-order valence-corrected chi connectivity index (χ0v) is 20.6. The van der Waals surface area contributed by atoms with Crippen molar-refractivity contribution >= 4 is 29.7 Å². The summed E-state index contributed by atoms with van der Waals surface area (Å²) >= 11 is 1.53. The lowest BCUT2D eigenvalue weighted by molar-refractivity contribution is -0.145. The van der Waals surface area contributed by atoms with Gasteiger partial charge in [0.25, 0.3) is 0 Å². The van der Waals surface area contributed by atoms with E-state index in [0.29, 0.717) is 18.7 Å². The first-order valence-corrected chi connectivity index (χ1v) is 12.8. The number of alkyl carbamates (subject to hydrolysis) is 1.